The SMILES string of the molecule is Cn1nc(-c2ccc(CO)cc2)c(O)c1-c1nc2ccc(CN)cc2[nH]1. The molecule has 0 aliphatic heterocycles. The van der Waals surface area contributed by atoms with Gasteiger partial charge in [-0.3, -0.25) is 4.68 Å². The van der Waals surface area contributed by atoms with Gasteiger partial charge in [-0.15, -0.1) is 0 Å². The van der Waals surface area contributed by atoms with E-state index in [0.717, 1.165) is 27.7 Å². The zero-order valence-electron chi connectivity index (χ0n) is 14.3. The first-order chi connectivity index (χ1) is 12.6. The molecular formula is C19H19N5O2. The number of hydrogen-bond donors (Lipinski definition) is 4. The van der Waals surface area contributed by atoms with Crippen LogP contribution in [0.5, 0.6) is 5.75 Å². The zero-order valence-corrected chi connectivity index (χ0v) is 14.3. The molecule has 0 fully saturated rings. The number of nitrogens with zero attached hydrogens (tertiary/aromatic N) is 3. The second-order valence-electron chi connectivity index (χ2n) is 6.17. The van der Waals surface area contributed by atoms with Crippen molar-refractivity contribution in [3.8, 4) is 28.5 Å². The van der Waals surface area contributed by atoms with Crippen molar-refractivity contribution in [1.82, 2.24) is 19.7 Å². The molecule has 0 amide bonds. The molecule has 0 aliphatic rings. The first-order valence-electron chi connectivity index (χ1n) is 8.26. The summed E-state index contributed by atoms with van der Waals surface area (Å²) in [6.45, 7) is 0.429. The summed E-state index contributed by atoms with van der Waals surface area (Å²) < 4.78 is 1.60. The third-order valence-electron chi connectivity index (χ3n) is 4.44. The van der Waals surface area contributed by atoms with E-state index in [1.165, 1.54) is 0 Å². The van der Waals surface area contributed by atoms with E-state index in [2.05, 4.69) is 15.1 Å². The van der Waals surface area contributed by atoms with Gasteiger partial charge in [-0.2, -0.15) is 5.10 Å². The molecule has 5 N–H and O–H groups in total. The number of hydrogen-bond acceptors (Lipinski definition) is 5. The van der Waals surface area contributed by atoms with Gasteiger partial charge in [0.25, 0.3) is 0 Å². The van der Waals surface area contributed by atoms with Crippen molar-refractivity contribution in [3.63, 3.8) is 0 Å². The molecule has 0 saturated carbocycles. The first kappa shape index (κ1) is 16.3. The van der Waals surface area contributed by atoms with Crippen molar-refractivity contribution in [2.45, 2.75) is 13.2 Å². The Bertz CT molecular complexity index is 1080. The number of aromatic nitrogens is 4. The van der Waals surface area contributed by atoms with E-state index < -0.39 is 0 Å². The summed E-state index contributed by atoms with van der Waals surface area (Å²) in [4.78, 5) is 7.79. The lowest BCUT2D eigenvalue weighted by Crippen LogP contribution is -1.95. The minimum absolute atomic E-state index is 0.0243. The standard InChI is InChI=1S/C19H19N5O2/c1-24-17(19-21-14-7-4-12(9-20)8-15(14)22-19)18(26)16(23-24)13-5-2-11(10-25)3-6-13/h2-8,25-26H,9-10,20H2,1H3,(H,21,22). The fourth-order valence-electron chi connectivity index (χ4n) is 3.04. The van der Waals surface area contributed by atoms with Crippen molar-refractivity contribution in [3.05, 3.63) is 53.6 Å². The lowest BCUT2D eigenvalue weighted by atomic mass is 10.1. The van der Waals surface area contributed by atoms with Crippen LogP contribution in [0.1, 0.15) is 11.1 Å². The van der Waals surface area contributed by atoms with Crippen molar-refractivity contribution in [1.29, 1.82) is 0 Å². The zero-order chi connectivity index (χ0) is 18.3. The van der Waals surface area contributed by atoms with Gasteiger partial charge in [0, 0.05) is 19.2 Å². The van der Waals surface area contributed by atoms with E-state index in [0.29, 0.717) is 23.8 Å². The molecule has 132 valence electrons. The van der Waals surface area contributed by atoms with Gasteiger partial charge in [0.2, 0.25) is 0 Å². The summed E-state index contributed by atoms with van der Waals surface area (Å²) in [6.07, 6.45) is 0. The molecular weight excluding hydrogens is 330 g/mol. The van der Waals surface area contributed by atoms with Crippen molar-refractivity contribution >= 4 is 11.0 Å². The van der Waals surface area contributed by atoms with Crippen LogP contribution >= 0.6 is 0 Å². The maximum absolute atomic E-state index is 10.8. The minimum Gasteiger partial charge on any atom is -0.504 e. The van der Waals surface area contributed by atoms with Crippen LogP contribution in [0.4, 0.5) is 0 Å². The largest absolute Gasteiger partial charge is 0.504 e. The third-order valence-corrected chi connectivity index (χ3v) is 4.44. The Morgan fingerprint density at radius 2 is 1.85 bits per heavy atom. The van der Waals surface area contributed by atoms with Crippen LogP contribution in [0.25, 0.3) is 33.8 Å². The number of H-pyrrole nitrogens is 1. The Morgan fingerprint density at radius 1 is 1.12 bits per heavy atom. The molecule has 0 radical (unpaired) electrons. The molecule has 0 atom stereocenters. The van der Waals surface area contributed by atoms with Gasteiger partial charge < -0.3 is 20.9 Å². The molecule has 0 saturated heterocycles. The first-order valence-corrected chi connectivity index (χ1v) is 8.26. The summed E-state index contributed by atoms with van der Waals surface area (Å²) in [6, 6.07) is 13.0. The molecule has 4 aromatic rings. The highest BCUT2D eigenvalue weighted by molar-refractivity contribution is 5.82. The van der Waals surface area contributed by atoms with Gasteiger partial charge in [-0.05, 0) is 23.3 Å². The van der Waals surface area contributed by atoms with Crippen molar-refractivity contribution < 1.29 is 10.2 Å². The lowest BCUT2D eigenvalue weighted by Gasteiger charge is -2.00. The quantitative estimate of drug-likeness (QED) is 0.451. The number of fused-ring (bicyclic) bond motifs is 1. The number of aromatic amines is 1. The number of rotatable bonds is 4. The van der Waals surface area contributed by atoms with E-state index in [4.69, 9.17) is 10.8 Å². The van der Waals surface area contributed by atoms with E-state index >= 15 is 0 Å². The summed E-state index contributed by atoms with van der Waals surface area (Å²) in [5.74, 6) is 0.599. The number of imidazole rings is 1. The minimum atomic E-state index is -0.0243. The second kappa shape index (κ2) is 6.29. The van der Waals surface area contributed by atoms with E-state index in [1.807, 2.05) is 30.3 Å². The molecule has 7 heteroatoms. The normalized spacial score (nSPS) is 11.3. The highest BCUT2D eigenvalue weighted by Gasteiger charge is 2.21. The Labute approximate surface area is 149 Å². The summed E-state index contributed by atoms with van der Waals surface area (Å²) >= 11 is 0. The van der Waals surface area contributed by atoms with Crippen LogP contribution < -0.4 is 5.73 Å². The highest BCUT2D eigenvalue weighted by atomic mass is 16.3. The Hall–Kier alpha value is -3.16. The maximum Gasteiger partial charge on any atom is 0.173 e. The Balaban J connectivity index is 1.81. The fraction of sp³-hybridized carbons (Fsp3) is 0.158. The molecule has 26 heavy (non-hydrogen) atoms. The summed E-state index contributed by atoms with van der Waals surface area (Å²) in [5, 5.41) is 24.4. The highest BCUT2D eigenvalue weighted by Crippen LogP contribution is 2.37. The van der Waals surface area contributed by atoms with Crippen LogP contribution in [-0.4, -0.2) is 30.0 Å². The van der Waals surface area contributed by atoms with E-state index in [9.17, 15) is 5.11 Å². The van der Waals surface area contributed by atoms with Gasteiger partial charge >= 0.3 is 0 Å². The average molecular weight is 349 g/mol. The molecule has 0 bridgehead atoms. The molecule has 0 aliphatic carbocycles. The number of aliphatic hydroxyl groups is 1. The van der Waals surface area contributed by atoms with Gasteiger partial charge in [0.15, 0.2) is 11.6 Å². The van der Waals surface area contributed by atoms with Crippen molar-refractivity contribution in [2.24, 2.45) is 12.8 Å². The predicted molar refractivity (Wildman–Crippen MR) is 99.2 cm³/mol. The number of nitrogens with one attached hydrogen (secondary N) is 1. The number of aryl methyl sites for hydroxylation is 1. The predicted octanol–water partition coefficient (Wildman–Crippen LogP) is 2.29. The van der Waals surface area contributed by atoms with Crippen LogP contribution in [0.3, 0.4) is 0 Å². The number of benzene rings is 2. The monoisotopic (exact) mass is 349 g/mol. The third kappa shape index (κ3) is 2.63. The van der Waals surface area contributed by atoms with Crippen LogP contribution in [0, 0.1) is 0 Å². The van der Waals surface area contributed by atoms with E-state index in [1.54, 1.807) is 23.9 Å². The van der Waals surface area contributed by atoms with Gasteiger partial charge in [0.05, 0.1) is 17.6 Å². The van der Waals surface area contributed by atoms with Crippen LogP contribution in [0.15, 0.2) is 42.5 Å². The van der Waals surface area contributed by atoms with Crippen molar-refractivity contribution in [2.75, 3.05) is 0 Å². The summed E-state index contributed by atoms with van der Waals surface area (Å²) in [5.41, 5.74) is 10.9. The van der Waals surface area contributed by atoms with Crippen LogP contribution in [-0.2, 0) is 20.2 Å². The molecule has 7 nitrogen and oxygen atoms in total. The van der Waals surface area contributed by atoms with Gasteiger partial charge in [0.1, 0.15) is 11.4 Å². The maximum atomic E-state index is 10.8. The number of aliphatic hydroxyl groups excluding tert-OH is 1. The number of nitrogens with two attached hydrogens (primary N) is 1. The topological polar surface area (TPSA) is 113 Å². The van der Waals surface area contributed by atoms with E-state index in [-0.39, 0.29) is 12.4 Å². The molecule has 4 rings (SSSR count). The Morgan fingerprint density at radius 3 is 2.54 bits per heavy atom. The average Bonchev–Trinajstić information content (AvgIpc) is 3.20. The van der Waals surface area contributed by atoms with Gasteiger partial charge in [-0.25, -0.2) is 4.98 Å². The molecule has 2 aromatic heterocycles. The molecule has 0 spiro atoms. The fourth-order valence-corrected chi connectivity index (χ4v) is 3.04. The molecule has 2 aromatic carbocycles. The van der Waals surface area contributed by atoms with Gasteiger partial charge in [-0.1, -0.05) is 30.3 Å². The molecule has 2 heterocycles. The molecule has 0 unspecified atom stereocenters. The Kier molecular flexibility index (Phi) is 3.95. The second-order valence-corrected chi connectivity index (χ2v) is 6.17. The van der Waals surface area contributed by atoms with Crippen LogP contribution in [0.2, 0.25) is 0 Å². The summed E-state index contributed by atoms with van der Waals surface area (Å²) in [7, 11) is 1.76. The smallest absolute Gasteiger partial charge is 0.173 e. The lowest BCUT2D eigenvalue weighted by molar-refractivity contribution is 0.282. The number of aromatic hydroxyl groups is 1.